The van der Waals surface area contributed by atoms with Gasteiger partial charge in [-0.25, -0.2) is 4.79 Å². The van der Waals surface area contributed by atoms with E-state index < -0.39 is 41.5 Å². The second kappa shape index (κ2) is 14.7. The van der Waals surface area contributed by atoms with E-state index in [1.54, 1.807) is 25.1 Å². The average molecular weight is 620 g/mol. The number of hydrogen-bond acceptors (Lipinski definition) is 7. The molecule has 1 saturated heterocycles. The standard InChI is InChI=1S/C37H49NO7/c1-22(2)20-31-36(42)44-30(24(4)33-34(45-33)27-12-9-8-10-13-27)15-11-14-29(40)23(3)32(26-16-18-28(39)19-17-26)35(41)38-21-37(6,7)25(5)43-31/h8-14,16-19,22-25,30-34,39H,15,20-21H2,1-7H3,(H,38,41)/b14-11+/t23?,24-,25?,30-,31-,32+,33-,34+/m0/s1. The first-order valence-electron chi connectivity index (χ1n) is 16.1. The van der Waals surface area contributed by atoms with Crippen LogP contribution in [0.5, 0.6) is 5.75 Å². The highest BCUT2D eigenvalue weighted by Gasteiger charge is 2.48. The molecule has 244 valence electrons. The number of cyclic esters (lactones) is 1. The minimum absolute atomic E-state index is 0.0816. The van der Waals surface area contributed by atoms with E-state index in [2.05, 4.69) is 5.32 Å². The van der Waals surface area contributed by atoms with Crippen molar-refractivity contribution in [2.75, 3.05) is 6.54 Å². The lowest BCUT2D eigenvalue weighted by atomic mass is 9.82. The lowest BCUT2D eigenvalue weighted by molar-refractivity contribution is -0.174. The number of allylic oxidation sites excluding steroid dienone is 1. The SMILES string of the molecule is CC(C)C[C@@H]1OC(C)C(C)(C)CNC(=O)[C@@H](c2ccc(O)cc2)C(C)C(=O)/C=C/C[C@@H]([C@H](C)[C@@H]2O[C@@H]2c2ccccc2)OC1=O. The van der Waals surface area contributed by atoms with Crippen LogP contribution in [0.3, 0.4) is 0 Å². The Kier molecular flexibility index (Phi) is 11.3. The van der Waals surface area contributed by atoms with Crippen molar-refractivity contribution in [3.63, 3.8) is 0 Å². The van der Waals surface area contributed by atoms with Crippen molar-refractivity contribution in [3.05, 3.63) is 77.9 Å². The zero-order valence-corrected chi connectivity index (χ0v) is 27.6. The zero-order valence-electron chi connectivity index (χ0n) is 27.6. The van der Waals surface area contributed by atoms with Gasteiger partial charge < -0.3 is 24.6 Å². The van der Waals surface area contributed by atoms with Crippen LogP contribution in [0.25, 0.3) is 0 Å². The molecular weight excluding hydrogens is 570 g/mol. The monoisotopic (exact) mass is 619 g/mol. The molecular formula is C37H49NO7. The first-order valence-corrected chi connectivity index (χ1v) is 16.1. The highest BCUT2D eigenvalue weighted by atomic mass is 16.6. The smallest absolute Gasteiger partial charge is 0.335 e. The van der Waals surface area contributed by atoms with Gasteiger partial charge in [-0.3, -0.25) is 9.59 Å². The molecule has 0 saturated carbocycles. The Morgan fingerprint density at radius 3 is 2.24 bits per heavy atom. The maximum Gasteiger partial charge on any atom is 0.335 e. The third-order valence-electron chi connectivity index (χ3n) is 9.30. The molecule has 0 spiro atoms. The molecule has 2 aromatic rings. The third kappa shape index (κ3) is 8.82. The van der Waals surface area contributed by atoms with E-state index in [4.69, 9.17) is 14.2 Å². The fraction of sp³-hybridized carbons (Fsp3) is 0.541. The van der Waals surface area contributed by atoms with Crippen LogP contribution in [-0.2, 0) is 28.6 Å². The van der Waals surface area contributed by atoms with Crippen LogP contribution in [0.15, 0.2) is 66.7 Å². The molecule has 2 N–H and O–H groups in total. The van der Waals surface area contributed by atoms with Gasteiger partial charge in [0.1, 0.15) is 18.0 Å². The van der Waals surface area contributed by atoms with Gasteiger partial charge in [0.25, 0.3) is 0 Å². The number of phenolic OH excluding ortho intramolecular Hbond substituents is 1. The van der Waals surface area contributed by atoms with Gasteiger partial charge >= 0.3 is 5.97 Å². The Bertz CT molecular complexity index is 1340. The van der Waals surface area contributed by atoms with Crippen molar-refractivity contribution in [3.8, 4) is 5.75 Å². The van der Waals surface area contributed by atoms with Crippen LogP contribution in [0.2, 0.25) is 0 Å². The average Bonchev–Trinajstić information content (AvgIpc) is 3.80. The summed E-state index contributed by atoms with van der Waals surface area (Å²) in [7, 11) is 0. The number of benzene rings is 2. The fourth-order valence-corrected chi connectivity index (χ4v) is 5.86. The van der Waals surface area contributed by atoms with Crippen molar-refractivity contribution >= 4 is 17.7 Å². The minimum atomic E-state index is -0.794. The van der Waals surface area contributed by atoms with Crippen molar-refractivity contribution in [1.82, 2.24) is 5.32 Å². The summed E-state index contributed by atoms with van der Waals surface area (Å²) in [5.74, 6) is -2.28. The Hall–Kier alpha value is -3.49. The largest absolute Gasteiger partial charge is 0.508 e. The second-order valence-corrected chi connectivity index (χ2v) is 13.8. The molecule has 0 aromatic heterocycles. The Morgan fingerprint density at radius 1 is 0.933 bits per heavy atom. The summed E-state index contributed by atoms with van der Waals surface area (Å²) in [5.41, 5.74) is 1.16. The highest BCUT2D eigenvalue weighted by Crippen LogP contribution is 2.45. The summed E-state index contributed by atoms with van der Waals surface area (Å²) in [5, 5.41) is 12.9. The van der Waals surface area contributed by atoms with Crippen LogP contribution in [0.1, 0.15) is 84.5 Å². The molecule has 0 bridgehead atoms. The van der Waals surface area contributed by atoms with Crippen molar-refractivity contribution in [2.24, 2.45) is 23.2 Å². The summed E-state index contributed by atoms with van der Waals surface area (Å²) >= 11 is 0. The summed E-state index contributed by atoms with van der Waals surface area (Å²) < 4.78 is 18.7. The maximum absolute atomic E-state index is 13.7. The number of amides is 1. The summed E-state index contributed by atoms with van der Waals surface area (Å²) in [6.45, 7) is 13.9. The first-order chi connectivity index (χ1) is 21.3. The van der Waals surface area contributed by atoms with Gasteiger partial charge in [0.2, 0.25) is 5.91 Å². The fourth-order valence-electron chi connectivity index (χ4n) is 5.86. The van der Waals surface area contributed by atoms with Crippen molar-refractivity contribution < 1.29 is 33.7 Å². The molecule has 4 rings (SSSR count). The number of ketones is 1. The summed E-state index contributed by atoms with van der Waals surface area (Å²) in [6, 6.07) is 16.4. The molecule has 1 amide bonds. The van der Waals surface area contributed by atoms with Crippen LogP contribution in [0, 0.1) is 23.2 Å². The van der Waals surface area contributed by atoms with Crippen molar-refractivity contribution in [2.45, 2.75) is 97.7 Å². The van der Waals surface area contributed by atoms with Gasteiger partial charge in [0.05, 0.1) is 18.1 Å². The number of rotatable bonds is 6. The normalized spacial score (nSPS) is 31.1. The Balaban J connectivity index is 1.66. The van der Waals surface area contributed by atoms with Gasteiger partial charge in [-0.05, 0) is 48.6 Å². The molecule has 8 heteroatoms. The number of phenols is 1. The summed E-state index contributed by atoms with van der Waals surface area (Å²) in [6.07, 6.45) is 2.03. The molecule has 8 atom stereocenters. The van der Waals surface area contributed by atoms with Gasteiger partial charge in [-0.2, -0.15) is 0 Å². The first kappa shape index (κ1) is 34.4. The molecule has 2 aromatic carbocycles. The molecule has 0 aliphatic carbocycles. The number of hydrogen-bond donors (Lipinski definition) is 2. The molecule has 1 fully saturated rings. The topological polar surface area (TPSA) is 114 Å². The van der Waals surface area contributed by atoms with E-state index in [0.29, 0.717) is 18.4 Å². The number of epoxide rings is 1. The number of nitrogens with one attached hydrogen (secondary N) is 1. The second-order valence-electron chi connectivity index (χ2n) is 13.8. The van der Waals surface area contributed by atoms with Crippen LogP contribution in [-0.4, -0.2) is 53.7 Å². The lowest BCUT2D eigenvalue weighted by Crippen LogP contribution is -2.46. The molecule has 45 heavy (non-hydrogen) atoms. The molecule has 2 unspecified atom stereocenters. The molecule has 0 radical (unpaired) electrons. The Labute approximate surface area is 267 Å². The van der Waals surface area contributed by atoms with Gasteiger partial charge in [-0.1, -0.05) is 90.1 Å². The lowest BCUT2D eigenvalue weighted by Gasteiger charge is -2.36. The van der Waals surface area contributed by atoms with E-state index in [1.165, 1.54) is 18.2 Å². The van der Waals surface area contributed by atoms with Gasteiger partial charge in [-0.15, -0.1) is 0 Å². The zero-order chi connectivity index (χ0) is 32.9. The van der Waals surface area contributed by atoms with Crippen molar-refractivity contribution in [1.29, 1.82) is 0 Å². The van der Waals surface area contributed by atoms with Gasteiger partial charge in [0, 0.05) is 30.2 Å². The van der Waals surface area contributed by atoms with Crippen LogP contribution in [0.4, 0.5) is 0 Å². The number of aromatic hydroxyl groups is 1. The molecule has 2 heterocycles. The predicted molar refractivity (Wildman–Crippen MR) is 172 cm³/mol. The van der Waals surface area contributed by atoms with E-state index in [-0.39, 0.29) is 48.0 Å². The molecule has 8 nitrogen and oxygen atoms in total. The van der Waals surface area contributed by atoms with Crippen LogP contribution < -0.4 is 5.32 Å². The minimum Gasteiger partial charge on any atom is -0.508 e. The third-order valence-corrected chi connectivity index (χ3v) is 9.30. The maximum atomic E-state index is 13.7. The molecule has 2 aliphatic heterocycles. The number of carbonyl (C=O) groups excluding carboxylic acids is 3. The quantitative estimate of drug-likeness (QED) is 0.289. The highest BCUT2D eigenvalue weighted by molar-refractivity contribution is 5.97. The van der Waals surface area contributed by atoms with E-state index in [1.807, 2.05) is 71.9 Å². The number of esters is 1. The predicted octanol–water partition coefficient (Wildman–Crippen LogP) is 6.29. The summed E-state index contributed by atoms with van der Waals surface area (Å²) in [4.78, 5) is 40.9. The van der Waals surface area contributed by atoms with E-state index in [9.17, 15) is 19.5 Å². The van der Waals surface area contributed by atoms with E-state index >= 15 is 0 Å². The van der Waals surface area contributed by atoms with Crippen LogP contribution >= 0.6 is 0 Å². The Morgan fingerprint density at radius 2 is 1.60 bits per heavy atom. The number of ether oxygens (including phenoxy) is 3. The van der Waals surface area contributed by atoms with E-state index in [0.717, 1.165) is 5.56 Å². The molecule has 2 aliphatic rings. The number of carbonyl (C=O) groups is 3. The van der Waals surface area contributed by atoms with Gasteiger partial charge in [0.15, 0.2) is 11.9 Å².